The second kappa shape index (κ2) is 10.5. The van der Waals surface area contributed by atoms with E-state index in [0.29, 0.717) is 49.0 Å². The summed E-state index contributed by atoms with van der Waals surface area (Å²) in [6, 6.07) is 15.8. The van der Waals surface area contributed by atoms with E-state index in [0.717, 1.165) is 11.1 Å². The molecule has 34 heavy (non-hydrogen) atoms. The number of hydrogen-bond acceptors (Lipinski definition) is 5. The van der Waals surface area contributed by atoms with Gasteiger partial charge < -0.3 is 14.9 Å². The number of nitrogens with zero attached hydrogens (tertiary/aromatic N) is 2. The number of rotatable bonds is 5. The molecule has 1 aliphatic rings. The molecule has 1 aliphatic heterocycles. The summed E-state index contributed by atoms with van der Waals surface area (Å²) in [6.45, 7) is 3.93. The largest absolute Gasteiger partial charge is 0.492 e. The zero-order chi connectivity index (χ0) is 24.1. The summed E-state index contributed by atoms with van der Waals surface area (Å²) in [4.78, 5) is 6.24. The van der Waals surface area contributed by atoms with E-state index >= 15 is 0 Å². The molecule has 2 atom stereocenters. The number of likely N-dealkylation sites (tertiary alicyclic amines) is 1. The fraction of sp³-hybridized carbons (Fsp3) is 0.296. The molecule has 2 N–H and O–H groups in total. The van der Waals surface area contributed by atoms with Crippen molar-refractivity contribution < 1.29 is 19.3 Å². The lowest BCUT2D eigenvalue weighted by Gasteiger charge is -2.39. The van der Waals surface area contributed by atoms with Gasteiger partial charge >= 0.3 is 0 Å². The summed E-state index contributed by atoms with van der Waals surface area (Å²) in [6.07, 6.45) is 1.36. The molecule has 0 aliphatic carbocycles. The van der Waals surface area contributed by atoms with Crippen molar-refractivity contribution in [2.45, 2.75) is 25.0 Å². The van der Waals surface area contributed by atoms with E-state index in [1.165, 1.54) is 6.07 Å². The van der Waals surface area contributed by atoms with Crippen LogP contribution in [0.3, 0.4) is 0 Å². The maximum absolute atomic E-state index is 14.5. The number of hydrogen-bond donors (Lipinski definition) is 2. The third-order valence-electron chi connectivity index (χ3n) is 5.96. The normalized spacial score (nSPS) is 20.4. The molecule has 1 saturated heterocycles. The minimum Gasteiger partial charge on any atom is -0.492 e. The van der Waals surface area contributed by atoms with Gasteiger partial charge in [-0.15, -0.1) is 0 Å². The lowest BCUT2D eigenvalue weighted by molar-refractivity contribution is -0.108. The Bertz CT molecular complexity index is 1190. The van der Waals surface area contributed by atoms with E-state index in [1.54, 1.807) is 25.3 Å². The molecule has 2 heterocycles. The van der Waals surface area contributed by atoms with Gasteiger partial charge in [-0.3, -0.25) is 4.90 Å². The van der Waals surface area contributed by atoms with Crippen LogP contribution in [-0.2, 0) is 0 Å². The topological polar surface area (TPSA) is 65.8 Å². The summed E-state index contributed by atoms with van der Waals surface area (Å²) >= 11 is 5.90. The SMILES string of the molecule is C[C@]1(O)CCN(CCOc2ccc(C#Cc3ncc(-c4ccc(Cl)cc4)cc3F)cc2)C[C@H]1O. The van der Waals surface area contributed by atoms with Crippen molar-refractivity contribution in [3.8, 4) is 28.7 Å². The van der Waals surface area contributed by atoms with Gasteiger partial charge in [0.2, 0.25) is 0 Å². The van der Waals surface area contributed by atoms with Crippen LogP contribution >= 0.6 is 11.6 Å². The van der Waals surface area contributed by atoms with E-state index < -0.39 is 17.5 Å². The Morgan fingerprint density at radius 2 is 1.88 bits per heavy atom. The molecule has 1 fully saturated rings. The van der Waals surface area contributed by atoms with E-state index in [1.807, 2.05) is 36.4 Å². The molecule has 4 rings (SSSR count). The van der Waals surface area contributed by atoms with Crippen LogP contribution in [0.4, 0.5) is 4.39 Å². The first-order valence-electron chi connectivity index (χ1n) is 11.1. The first-order valence-corrected chi connectivity index (χ1v) is 11.5. The van der Waals surface area contributed by atoms with E-state index in [9.17, 15) is 14.6 Å². The Morgan fingerprint density at radius 3 is 2.56 bits per heavy atom. The number of pyridine rings is 1. The van der Waals surface area contributed by atoms with Gasteiger partial charge in [0.1, 0.15) is 18.1 Å². The quantitative estimate of drug-likeness (QED) is 0.537. The molecular formula is C27H26ClFN2O3. The molecule has 1 aromatic heterocycles. The number of β-amino-alcohol motifs (C(OH)–C–C–N with tert-alkyl or cyclic N) is 1. The number of aromatic nitrogens is 1. The smallest absolute Gasteiger partial charge is 0.158 e. The number of aliphatic hydroxyl groups is 2. The highest BCUT2D eigenvalue weighted by Crippen LogP contribution is 2.23. The molecule has 0 bridgehead atoms. The zero-order valence-corrected chi connectivity index (χ0v) is 19.6. The molecule has 7 heteroatoms. The van der Waals surface area contributed by atoms with Gasteiger partial charge in [0.15, 0.2) is 5.82 Å². The highest BCUT2D eigenvalue weighted by molar-refractivity contribution is 6.30. The molecule has 3 aromatic rings. The number of ether oxygens (including phenoxy) is 1. The Balaban J connectivity index is 1.31. The van der Waals surface area contributed by atoms with E-state index in [4.69, 9.17) is 16.3 Å². The fourth-order valence-electron chi connectivity index (χ4n) is 3.68. The van der Waals surface area contributed by atoms with Gasteiger partial charge in [0, 0.05) is 42.0 Å². The highest BCUT2D eigenvalue weighted by Gasteiger charge is 2.35. The standard InChI is InChI=1S/C27H26ClFN2O3/c1-27(33)12-13-31(18-26(27)32)14-15-34-23-9-2-19(3-10-23)4-11-25-24(29)16-21(17-30-25)20-5-7-22(28)8-6-20/h2-3,5-10,16-17,26,32-33H,12-15,18H2,1H3/t26-,27+/m1/s1. The summed E-state index contributed by atoms with van der Waals surface area (Å²) in [7, 11) is 0. The van der Waals surface area contributed by atoms with Crippen LogP contribution in [0.5, 0.6) is 5.75 Å². The molecule has 0 saturated carbocycles. The van der Waals surface area contributed by atoms with Crippen LogP contribution in [0, 0.1) is 17.7 Å². The van der Waals surface area contributed by atoms with Crippen LogP contribution in [0.1, 0.15) is 24.6 Å². The summed E-state index contributed by atoms with van der Waals surface area (Å²) in [5.74, 6) is 5.93. The predicted molar refractivity (Wildman–Crippen MR) is 130 cm³/mol. The summed E-state index contributed by atoms with van der Waals surface area (Å²) in [5.41, 5.74) is 1.27. The molecule has 0 spiro atoms. The molecule has 0 unspecified atom stereocenters. The van der Waals surface area contributed by atoms with Gasteiger partial charge in [0.05, 0.1) is 11.7 Å². The molecule has 2 aromatic carbocycles. The van der Waals surface area contributed by atoms with E-state index in [-0.39, 0.29) is 5.69 Å². The van der Waals surface area contributed by atoms with Crippen molar-refractivity contribution >= 4 is 11.6 Å². The first-order chi connectivity index (χ1) is 16.3. The van der Waals surface area contributed by atoms with Crippen LogP contribution < -0.4 is 4.74 Å². The van der Waals surface area contributed by atoms with Gasteiger partial charge in [-0.05, 0) is 67.3 Å². The third kappa shape index (κ3) is 6.13. The first kappa shape index (κ1) is 24.2. The number of aliphatic hydroxyl groups excluding tert-OH is 1. The van der Waals surface area contributed by atoms with Crippen molar-refractivity contribution in [3.05, 3.63) is 82.9 Å². The average Bonchev–Trinajstić information content (AvgIpc) is 2.82. The predicted octanol–water partition coefficient (Wildman–Crippen LogP) is 4.14. The van der Waals surface area contributed by atoms with Crippen LogP contribution in [0.15, 0.2) is 60.8 Å². The summed E-state index contributed by atoms with van der Waals surface area (Å²) < 4.78 is 20.3. The maximum Gasteiger partial charge on any atom is 0.158 e. The second-order valence-corrected chi connectivity index (χ2v) is 9.04. The van der Waals surface area contributed by atoms with Crippen LogP contribution in [-0.4, -0.2) is 58.0 Å². The molecular weight excluding hydrogens is 455 g/mol. The van der Waals surface area contributed by atoms with Crippen molar-refractivity contribution in [2.24, 2.45) is 0 Å². The lowest BCUT2D eigenvalue weighted by Crippen LogP contribution is -2.54. The fourth-order valence-corrected chi connectivity index (χ4v) is 3.80. The minimum absolute atomic E-state index is 0.0840. The Morgan fingerprint density at radius 1 is 1.15 bits per heavy atom. The number of benzene rings is 2. The molecule has 0 radical (unpaired) electrons. The van der Waals surface area contributed by atoms with Crippen LogP contribution in [0.2, 0.25) is 5.02 Å². The second-order valence-electron chi connectivity index (χ2n) is 8.61. The van der Waals surface area contributed by atoms with Crippen LogP contribution in [0.25, 0.3) is 11.1 Å². The Hall–Kier alpha value is -2.95. The molecule has 176 valence electrons. The van der Waals surface area contributed by atoms with Crippen molar-refractivity contribution in [1.29, 1.82) is 0 Å². The third-order valence-corrected chi connectivity index (χ3v) is 6.21. The Kier molecular flexibility index (Phi) is 7.50. The van der Waals surface area contributed by atoms with Gasteiger partial charge in [-0.1, -0.05) is 29.7 Å². The number of piperidine rings is 1. The molecule has 5 nitrogen and oxygen atoms in total. The summed E-state index contributed by atoms with van der Waals surface area (Å²) in [5, 5.41) is 20.7. The number of halogens is 2. The van der Waals surface area contributed by atoms with Crippen molar-refractivity contribution in [1.82, 2.24) is 9.88 Å². The minimum atomic E-state index is -1.02. The average molecular weight is 481 g/mol. The van der Waals surface area contributed by atoms with Crippen molar-refractivity contribution in [2.75, 3.05) is 26.2 Å². The monoisotopic (exact) mass is 480 g/mol. The molecule has 0 amide bonds. The van der Waals surface area contributed by atoms with Gasteiger partial charge in [-0.25, -0.2) is 9.37 Å². The Labute approximate surface area is 203 Å². The van der Waals surface area contributed by atoms with Gasteiger partial charge in [0.25, 0.3) is 0 Å². The van der Waals surface area contributed by atoms with E-state index in [2.05, 4.69) is 21.7 Å². The maximum atomic E-state index is 14.5. The van der Waals surface area contributed by atoms with Crippen molar-refractivity contribution in [3.63, 3.8) is 0 Å². The lowest BCUT2D eigenvalue weighted by atomic mass is 9.91. The highest BCUT2D eigenvalue weighted by atomic mass is 35.5. The van der Waals surface area contributed by atoms with Gasteiger partial charge in [-0.2, -0.15) is 0 Å². The zero-order valence-electron chi connectivity index (χ0n) is 18.8.